The van der Waals surface area contributed by atoms with Gasteiger partial charge in [-0.25, -0.2) is 4.98 Å². The zero-order valence-corrected chi connectivity index (χ0v) is 10.6. The van der Waals surface area contributed by atoms with Crippen LogP contribution in [-0.4, -0.2) is 30.0 Å². The number of nitrogens with one attached hydrogen (secondary N) is 1. The Bertz CT molecular complexity index is 388. The van der Waals surface area contributed by atoms with Crippen molar-refractivity contribution < 1.29 is 4.79 Å². The number of carbonyl (C=O) groups excluding carboxylic acids is 1. The van der Waals surface area contributed by atoms with Gasteiger partial charge in [-0.05, 0) is 19.3 Å². The fourth-order valence-corrected chi connectivity index (χ4v) is 3.09. The van der Waals surface area contributed by atoms with E-state index in [0.29, 0.717) is 12.0 Å². The molecule has 2 fully saturated rings. The molecule has 17 heavy (non-hydrogen) atoms. The van der Waals surface area contributed by atoms with Crippen molar-refractivity contribution >= 4 is 22.4 Å². The normalized spacial score (nSPS) is 24.7. The van der Waals surface area contributed by atoms with Gasteiger partial charge in [-0.3, -0.25) is 4.79 Å². The topological polar surface area (TPSA) is 45.2 Å². The molecule has 5 heteroatoms. The lowest BCUT2D eigenvalue weighted by atomic mass is 9.84. The average molecular weight is 251 g/mol. The van der Waals surface area contributed by atoms with Crippen molar-refractivity contribution in [2.24, 2.45) is 5.92 Å². The lowest BCUT2D eigenvalue weighted by molar-refractivity contribution is -0.127. The maximum absolute atomic E-state index is 11.8. The van der Waals surface area contributed by atoms with Crippen LogP contribution < -0.4 is 10.2 Å². The third-order valence-corrected chi connectivity index (χ3v) is 4.53. The first kappa shape index (κ1) is 11.0. The van der Waals surface area contributed by atoms with E-state index in [4.69, 9.17) is 0 Å². The van der Waals surface area contributed by atoms with Gasteiger partial charge in [0.25, 0.3) is 0 Å². The molecule has 0 spiro atoms. The Morgan fingerprint density at radius 3 is 3.00 bits per heavy atom. The summed E-state index contributed by atoms with van der Waals surface area (Å²) in [5.41, 5.74) is 0. The number of thiazole rings is 1. The van der Waals surface area contributed by atoms with Gasteiger partial charge in [-0.15, -0.1) is 11.3 Å². The van der Waals surface area contributed by atoms with Crippen LogP contribution in [0.5, 0.6) is 0 Å². The molecule has 1 aromatic heterocycles. The van der Waals surface area contributed by atoms with Crippen molar-refractivity contribution in [3.05, 3.63) is 11.6 Å². The van der Waals surface area contributed by atoms with Gasteiger partial charge in [0.05, 0.1) is 0 Å². The van der Waals surface area contributed by atoms with Gasteiger partial charge < -0.3 is 10.2 Å². The zero-order valence-electron chi connectivity index (χ0n) is 9.76. The Morgan fingerprint density at radius 2 is 2.35 bits per heavy atom. The molecule has 92 valence electrons. The summed E-state index contributed by atoms with van der Waals surface area (Å²) in [6, 6.07) is 0.312. The van der Waals surface area contributed by atoms with Crippen LogP contribution in [0.2, 0.25) is 0 Å². The minimum atomic E-state index is 0.266. The smallest absolute Gasteiger partial charge is 0.223 e. The van der Waals surface area contributed by atoms with Gasteiger partial charge in [-0.1, -0.05) is 6.42 Å². The Balaban J connectivity index is 1.52. The number of carbonyl (C=O) groups is 1. The standard InChI is InChI=1S/C12H17N3OS/c16-11(9-2-1-3-9)14-10-4-6-15(8-10)12-13-5-7-17-12/h5,7,9-10H,1-4,6,8H2,(H,14,16)/t10-/m0/s1. The Labute approximate surface area is 105 Å². The van der Waals surface area contributed by atoms with Gasteiger partial charge in [0.1, 0.15) is 0 Å². The molecule has 1 aromatic rings. The quantitative estimate of drug-likeness (QED) is 0.888. The maximum Gasteiger partial charge on any atom is 0.223 e. The highest BCUT2D eigenvalue weighted by atomic mass is 32.1. The summed E-state index contributed by atoms with van der Waals surface area (Å²) in [4.78, 5) is 18.4. The van der Waals surface area contributed by atoms with Crippen LogP contribution in [0.4, 0.5) is 5.13 Å². The summed E-state index contributed by atoms with van der Waals surface area (Å²) in [6.45, 7) is 1.91. The van der Waals surface area contributed by atoms with Crippen LogP contribution in [0.1, 0.15) is 25.7 Å². The van der Waals surface area contributed by atoms with E-state index in [0.717, 1.165) is 37.5 Å². The zero-order chi connectivity index (χ0) is 11.7. The van der Waals surface area contributed by atoms with Crippen molar-refractivity contribution in [1.82, 2.24) is 10.3 Å². The molecule has 1 atom stereocenters. The fourth-order valence-electron chi connectivity index (χ4n) is 2.41. The lowest BCUT2D eigenvalue weighted by Gasteiger charge is -2.26. The lowest BCUT2D eigenvalue weighted by Crippen LogP contribution is -2.42. The molecule has 4 nitrogen and oxygen atoms in total. The van der Waals surface area contributed by atoms with Crippen molar-refractivity contribution in [1.29, 1.82) is 0 Å². The minimum absolute atomic E-state index is 0.266. The van der Waals surface area contributed by atoms with Crippen LogP contribution in [0.3, 0.4) is 0 Å². The van der Waals surface area contributed by atoms with Crippen LogP contribution in [0.25, 0.3) is 0 Å². The molecule has 2 heterocycles. The number of rotatable bonds is 3. The molecule has 0 radical (unpaired) electrons. The number of amides is 1. The van der Waals surface area contributed by atoms with E-state index in [9.17, 15) is 4.79 Å². The van der Waals surface area contributed by atoms with E-state index in [-0.39, 0.29) is 5.91 Å². The monoisotopic (exact) mass is 251 g/mol. The number of hydrogen-bond acceptors (Lipinski definition) is 4. The maximum atomic E-state index is 11.8. The molecule has 0 aromatic carbocycles. The van der Waals surface area contributed by atoms with E-state index < -0.39 is 0 Å². The van der Waals surface area contributed by atoms with Crippen molar-refractivity contribution in [2.45, 2.75) is 31.7 Å². The first-order valence-electron chi connectivity index (χ1n) is 6.28. The Hall–Kier alpha value is -1.10. The second kappa shape index (κ2) is 4.64. The van der Waals surface area contributed by atoms with Crippen LogP contribution >= 0.6 is 11.3 Å². The molecule has 1 aliphatic heterocycles. The number of nitrogens with zero attached hydrogens (tertiary/aromatic N) is 2. The van der Waals surface area contributed by atoms with Gasteiger partial charge >= 0.3 is 0 Å². The number of aromatic nitrogens is 1. The van der Waals surface area contributed by atoms with Crippen molar-refractivity contribution in [3.8, 4) is 0 Å². The molecule has 1 amide bonds. The highest BCUT2D eigenvalue weighted by Crippen LogP contribution is 2.27. The van der Waals surface area contributed by atoms with Crippen molar-refractivity contribution in [2.75, 3.05) is 18.0 Å². The molecule has 2 aliphatic rings. The molecule has 1 saturated heterocycles. The second-order valence-electron chi connectivity index (χ2n) is 4.88. The van der Waals surface area contributed by atoms with Gasteiger partial charge in [-0.2, -0.15) is 0 Å². The number of hydrogen-bond donors (Lipinski definition) is 1. The third kappa shape index (κ3) is 2.29. The van der Waals surface area contributed by atoms with E-state index in [1.807, 2.05) is 11.6 Å². The SMILES string of the molecule is O=C(N[C@H]1CCN(c2nccs2)C1)C1CCC1. The molecule has 1 aliphatic carbocycles. The summed E-state index contributed by atoms with van der Waals surface area (Å²) in [5, 5.41) is 6.24. The van der Waals surface area contributed by atoms with Crippen molar-refractivity contribution in [3.63, 3.8) is 0 Å². The van der Waals surface area contributed by atoms with E-state index in [1.54, 1.807) is 11.3 Å². The summed E-state index contributed by atoms with van der Waals surface area (Å²) in [7, 11) is 0. The van der Waals surface area contributed by atoms with Gasteiger partial charge in [0.2, 0.25) is 5.91 Å². The Morgan fingerprint density at radius 1 is 1.47 bits per heavy atom. The predicted molar refractivity (Wildman–Crippen MR) is 68.2 cm³/mol. The highest BCUT2D eigenvalue weighted by molar-refractivity contribution is 7.13. The summed E-state index contributed by atoms with van der Waals surface area (Å²) in [5.74, 6) is 0.561. The van der Waals surface area contributed by atoms with E-state index in [1.165, 1.54) is 6.42 Å². The van der Waals surface area contributed by atoms with Crippen LogP contribution in [-0.2, 0) is 4.79 Å². The summed E-state index contributed by atoms with van der Waals surface area (Å²) >= 11 is 1.67. The molecular formula is C12H17N3OS. The Kier molecular flexibility index (Phi) is 3.01. The largest absolute Gasteiger partial charge is 0.351 e. The molecule has 1 N–H and O–H groups in total. The average Bonchev–Trinajstić information content (AvgIpc) is 2.82. The third-order valence-electron chi connectivity index (χ3n) is 3.70. The van der Waals surface area contributed by atoms with Crippen LogP contribution in [0, 0.1) is 5.92 Å². The summed E-state index contributed by atoms with van der Waals surface area (Å²) in [6.07, 6.45) is 6.25. The predicted octanol–water partition coefficient (Wildman–Crippen LogP) is 1.64. The molecule has 0 unspecified atom stereocenters. The van der Waals surface area contributed by atoms with Gasteiger partial charge in [0, 0.05) is 36.6 Å². The van der Waals surface area contributed by atoms with Crippen LogP contribution in [0.15, 0.2) is 11.6 Å². The number of anilines is 1. The first-order chi connectivity index (χ1) is 8.33. The van der Waals surface area contributed by atoms with Gasteiger partial charge in [0.15, 0.2) is 5.13 Å². The summed E-state index contributed by atoms with van der Waals surface area (Å²) < 4.78 is 0. The fraction of sp³-hybridized carbons (Fsp3) is 0.667. The molecule has 0 bridgehead atoms. The highest BCUT2D eigenvalue weighted by Gasteiger charge is 2.30. The molecule has 3 rings (SSSR count). The second-order valence-corrected chi connectivity index (χ2v) is 5.76. The molecule has 1 saturated carbocycles. The first-order valence-corrected chi connectivity index (χ1v) is 7.16. The minimum Gasteiger partial charge on any atom is -0.351 e. The molecular weight excluding hydrogens is 234 g/mol. The van der Waals surface area contributed by atoms with E-state index in [2.05, 4.69) is 15.2 Å². The van der Waals surface area contributed by atoms with E-state index >= 15 is 0 Å².